The van der Waals surface area contributed by atoms with Crippen molar-refractivity contribution in [3.63, 3.8) is 0 Å². The molecule has 0 aliphatic heterocycles. The fourth-order valence-corrected chi connectivity index (χ4v) is 1.69. The summed E-state index contributed by atoms with van der Waals surface area (Å²) in [5.74, 6) is -1.01. The van der Waals surface area contributed by atoms with Gasteiger partial charge in [0, 0.05) is 25.2 Å². The third-order valence-corrected chi connectivity index (χ3v) is 2.78. The van der Waals surface area contributed by atoms with Crippen molar-refractivity contribution in [3.05, 3.63) is 29.6 Å². The van der Waals surface area contributed by atoms with Crippen molar-refractivity contribution >= 4 is 5.91 Å². The van der Waals surface area contributed by atoms with Crippen LogP contribution in [0.1, 0.15) is 19.4 Å². The molecule has 1 aromatic carbocycles. The van der Waals surface area contributed by atoms with Crippen molar-refractivity contribution in [2.24, 2.45) is 0 Å². The summed E-state index contributed by atoms with van der Waals surface area (Å²) in [4.78, 5) is 13.4. The van der Waals surface area contributed by atoms with Crippen molar-refractivity contribution in [2.45, 2.75) is 20.4 Å². The SMILES string of the molecule is CCN(CC)C(=O)CNCc1cccc(F)c1O. The van der Waals surface area contributed by atoms with E-state index in [4.69, 9.17) is 0 Å². The lowest BCUT2D eigenvalue weighted by Crippen LogP contribution is -2.37. The molecule has 0 aliphatic carbocycles. The first-order chi connectivity index (χ1) is 8.60. The van der Waals surface area contributed by atoms with E-state index < -0.39 is 5.82 Å². The van der Waals surface area contributed by atoms with Gasteiger partial charge in [0.1, 0.15) is 0 Å². The average Bonchev–Trinajstić information content (AvgIpc) is 2.36. The molecule has 0 aliphatic rings. The number of para-hydroxylation sites is 1. The molecule has 100 valence electrons. The van der Waals surface area contributed by atoms with Gasteiger partial charge in [-0.2, -0.15) is 0 Å². The lowest BCUT2D eigenvalue weighted by atomic mass is 10.2. The highest BCUT2D eigenvalue weighted by Gasteiger charge is 2.10. The van der Waals surface area contributed by atoms with Gasteiger partial charge >= 0.3 is 0 Å². The quantitative estimate of drug-likeness (QED) is 0.808. The molecule has 1 aromatic rings. The molecule has 0 fully saturated rings. The minimum atomic E-state index is -0.649. The van der Waals surface area contributed by atoms with Crippen LogP contribution in [-0.2, 0) is 11.3 Å². The second-order valence-electron chi connectivity index (χ2n) is 3.92. The molecule has 0 saturated carbocycles. The maximum atomic E-state index is 13.0. The van der Waals surface area contributed by atoms with E-state index in [2.05, 4.69) is 5.32 Å². The number of rotatable bonds is 6. The summed E-state index contributed by atoms with van der Waals surface area (Å²) in [7, 11) is 0. The summed E-state index contributed by atoms with van der Waals surface area (Å²) >= 11 is 0. The minimum Gasteiger partial charge on any atom is -0.505 e. The Morgan fingerprint density at radius 1 is 1.39 bits per heavy atom. The van der Waals surface area contributed by atoms with Crippen LogP contribution in [0.2, 0.25) is 0 Å². The monoisotopic (exact) mass is 254 g/mol. The lowest BCUT2D eigenvalue weighted by molar-refractivity contribution is -0.129. The van der Waals surface area contributed by atoms with Crippen molar-refractivity contribution in [2.75, 3.05) is 19.6 Å². The van der Waals surface area contributed by atoms with Gasteiger partial charge in [0.15, 0.2) is 11.6 Å². The number of phenols is 1. The number of amides is 1. The summed E-state index contributed by atoms with van der Waals surface area (Å²) in [5, 5.41) is 12.4. The van der Waals surface area contributed by atoms with Gasteiger partial charge in [0.05, 0.1) is 6.54 Å². The number of nitrogens with one attached hydrogen (secondary N) is 1. The van der Waals surface area contributed by atoms with E-state index in [1.165, 1.54) is 12.1 Å². The summed E-state index contributed by atoms with van der Waals surface area (Å²) in [6.07, 6.45) is 0. The summed E-state index contributed by atoms with van der Waals surface area (Å²) < 4.78 is 13.0. The van der Waals surface area contributed by atoms with Crippen LogP contribution in [0.4, 0.5) is 4.39 Å². The normalized spacial score (nSPS) is 10.4. The first kappa shape index (κ1) is 14.4. The molecule has 0 radical (unpaired) electrons. The Hall–Kier alpha value is -1.62. The minimum absolute atomic E-state index is 0.00380. The second-order valence-corrected chi connectivity index (χ2v) is 3.92. The fraction of sp³-hybridized carbons (Fsp3) is 0.462. The molecule has 2 N–H and O–H groups in total. The zero-order valence-corrected chi connectivity index (χ0v) is 10.7. The number of carbonyl (C=O) groups excluding carboxylic acids is 1. The molecule has 5 heteroatoms. The summed E-state index contributed by atoms with van der Waals surface area (Å²) in [6, 6.07) is 4.34. The molecule has 0 aromatic heterocycles. The Kier molecular flexibility index (Phi) is 5.58. The summed E-state index contributed by atoms with van der Waals surface area (Å²) in [6.45, 7) is 5.61. The molecule has 0 atom stereocenters. The Morgan fingerprint density at radius 2 is 2.06 bits per heavy atom. The van der Waals surface area contributed by atoms with Gasteiger partial charge in [-0.3, -0.25) is 4.79 Å². The van der Waals surface area contributed by atoms with Crippen molar-refractivity contribution < 1.29 is 14.3 Å². The van der Waals surface area contributed by atoms with Gasteiger partial charge in [0.2, 0.25) is 5.91 Å². The van der Waals surface area contributed by atoms with Crippen LogP contribution >= 0.6 is 0 Å². The molecular formula is C13H19FN2O2. The van der Waals surface area contributed by atoms with Crippen molar-refractivity contribution in [1.82, 2.24) is 10.2 Å². The molecule has 0 heterocycles. The standard InChI is InChI=1S/C13H19FN2O2/c1-3-16(4-2)12(17)9-15-8-10-6-5-7-11(14)13(10)18/h5-7,15,18H,3-4,8-9H2,1-2H3. The van der Waals surface area contributed by atoms with Crippen LogP contribution in [0.15, 0.2) is 18.2 Å². The number of hydrogen-bond donors (Lipinski definition) is 2. The number of aromatic hydroxyl groups is 1. The van der Waals surface area contributed by atoms with E-state index in [-0.39, 0.29) is 24.7 Å². The van der Waals surface area contributed by atoms with E-state index in [0.717, 1.165) is 0 Å². The zero-order chi connectivity index (χ0) is 13.5. The number of likely N-dealkylation sites (N-methyl/N-ethyl adjacent to an activating group) is 1. The topological polar surface area (TPSA) is 52.6 Å². The predicted molar refractivity (Wildman–Crippen MR) is 67.7 cm³/mol. The maximum Gasteiger partial charge on any atom is 0.236 e. The number of nitrogens with zero attached hydrogens (tertiary/aromatic N) is 1. The first-order valence-electron chi connectivity index (χ1n) is 6.05. The molecule has 1 amide bonds. The highest BCUT2D eigenvalue weighted by atomic mass is 19.1. The average molecular weight is 254 g/mol. The molecule has 0 bridgehead atoms. The molecular weight excluding hydrogens is 235 g/mol. The Balaban J connectivity index is 2.47. The highest BCUT2D eigenvalue weighted by molar-refractivity contribution is 5.78. The lowest BCUT2D eigenvalue weighted by Gasteiger charge is -2.18. The number of carbonyl (C=O) groups is 1. The van der Waals surface area contributed by atoms with E-state index in [1.807, 2.05) is 13.8 Å². The third-order valence-electron chi connectivity index (χ3n) is 2.78. The van der Waals surface area contributed by atoms with Gasteiger partial charge in [-0.15, -0.1) is 0 Å². The predicted octanol–water partition coefficient (Wildman–Crippen LogP) is 1.49. The number of hydrogen-bond acceptors (Lipinski definition) is 3. The smallest absolute Gasteiger partial charge is 0.236 e. The molecule has 0 spiro atoms. The largest absolute Gasteiger partial charge is 0.505 e. The molecule has 0 unspecified atom stereocenters. The molecule has 1 rings (SSSR count). The molecule has 4 nitrogen and oxygen atoms in total. The van der Waals surface area contributed by atoms with E-state index in [1.54, 1.807) is 11.0 Å². The number of benzene rings is 1. The van der Waals surface area contributed by atoms with Crippen LogP contribution in [0.5, 0.6) is 5.75 Å². The zero-order valence-electron chi connectivity index (χ0n) is 10.7. The van der Waals surface area contributed by atoms with E-state index >= 15 is 0 Å². The Labute approximate surface area is 106 Å². The Morgan fingerprint density at radius 3 is 2.67 bits per heavy atom. The van der Waals surface area contributed by atoms with Gasteiger partial charge in [-0.1, -0.05) is 12.1 Å². The maximum absolute atomic E-state index is 13.0. The second kappa shape index (κ2) is 6.96. The van der Waals surface area contributed by atoms with Crippen LogP contribution in [0.25, 0.3) is 0 Å². The first-order valence-corrected chi connectivity index (χ1v) is 6.05. The highest BCUT2D eigenvalue weighted by Crippen LogP contribution is 2.20. The van der Waals surface area contributed by atoms with Crippen molar-refractivity contribution in [3.8, 4) is 5.75 Å². The molecule has 18 heavy (non-hydrogen) atoms. The van der Waals surface area contributed by atoms with Gasteiger partial charge in [-0.25, -0.2) is 4.39 Å². The fourth-order valence-electron chi connectivity index (χ4n) is 1.69. The van der Waals surface area contributed by atoms with Gasteiger partial charge < -0.3 is 15.3 Å². The van der Waals surface area contributed by atoms with Crippen LogP contribution < -0.4 is 5.32 Å². The van der Waals surface area contributed by atoms with Crippen molar-refractivity contribution in [1.29, 1.82) is 0 Å². The number of halogens is 1. The van der Waals surface area contributed by atoms with Gasteiger partial charge in [0.25, 0.3) is 0 Å². The van der Waals surface area contributed by atoms with Crippen LogP contribution in [-0.4, -0.2) is 35.5 Å². The molecule has 0 saturated heterocycles. The summed E-state index contributed by atoms with van der Waals surface area (Å²) in [5.41, 5.74) is 0.447. The van der Waals surface area contributed by atoms with Crippen LogP contribution in [0.3, 0.4) is 0 Å². The third kappa shape index (κ3) is 3.70. The van der Waals surface area contributed by atoms with E-state index in [0.29, 0.717) is 18.7 Å². The van der Waals surface area contributed by atoms with E-state index in [9.17, 15) is 14.3 Å². The van der Waals surface area contributed by atoms with Crippen LogP contribution in [0, 0.1) is 5.82 Å². The number of phenolic OH excluding ortho intramolecular Hbond substituents is 1. The Bertz CT molecular complexity index is 406. The van der Waals surface area contributed by atoms with Gasteiger partial charge in [-0.05, 0) is 19.9 Å².